The van der Waals surface area contributed by atoms with Gasteiger partial charge in [-0.1, -0.05) is 43.7 Å². The zero-order valence-electron chi connectivity index (χ0n) is 15.0. The molecule has 1 heterocycles. The minimum Gasteiger partial charge on any atom is -0.480 e. The average molecular weight is 380 g/mol. The molecule has 0 amide bonds. The maximum Gasteiger partial charge on any atom is 0.328 e. The molecule has 0 fully saturated rings. The predicted octanol–water partition coefficient (Wildman–Crippen LogP) is 3.26. The molecule has 1 atom stereocenters. The fraction of sp³-hybridized carbons (Fsp3) is 0.333. The number of halogens is 1. The lowest BCUT2D eigenvalue weighted by atomic mass is 10.1. The molecule has 0 aromatic heterocycles. The molecule has 0 saturated heterocycles. The zero-order chi connectivity index (χ0) is 19.9. The number of aliphatic carboxylic acids is 1. The van der Waals surface area contributed by atoms with Gasteiger partial charge in [0.25, 0.3) is 0 Å². The van der Waals surface area contributed by atoms with Crippen LogP contribution in [0.2, 0.25) is 5.02 Å². The lowest BCUT2D eigenvalue weighted by molar-refractivity contribution is -0.138. The predicted molar refractivity (Wildman–Crippen MR) is 110 cm³/mol. The summed E-state index contributed by atoms with van der Waals surface area (Å²) >= 11 is 6.19. The van der Waals surface area contributed by atoms with Gasteiger partial charge in [-0.05, 0) is 31.0 Å². The van der Waals surface area contributed by atoms with Crippen molar-refractivity contribution in [3.63, 3.8) is 0 Å². The zero-order valence-corrected chi connectivity index (χ0v) is 15.8. The number of fused-ring (bicyclic) bond motifs is 1. The molecule has 1 aliphatic heterocycles. The number of benzene rings is 1. The first-order valence-electron chi connectivity index (χ1n) is 8.25. The molecule has 2 rings (SSSR count). The summed E-state index contributed by atoms with van der Waals surface area (Å²) in [7, 11) is 0. The van der Waals surface area contributed by atoms with Gasteiger partial charge < -0.3 is 16.6 Å². The standard InChI is InChI=1S/C15H16ClN3O2.C2H6.CH4N2/c16-13-10(5-6-11-9-19-14(11)13)3-2-8-18-12(15(20)21)4-1-7-17;1-2;2-1-3/h2-3,5-6,8-9,12H,1,4,7,17H2,(H,20,21);1-2H3;1H,(H3,2,3)/b3-2+,18-8?;;. The number of aliphatic imine (C=N–C) groups is 2. The second-order valence-electron chi connectivity index (χ2n) is 4.77. The molecule has 0 spiro atoms. The summed E-state index contributed by atoms with van der Waals surface area (Å²) in [5.74, 6) is -0.943. The summed E-state index contributed by atoms with van der Waals surface area (Å²) in [5, 5.41) is 15.5. The number of rotatable bonds is 7. The third-order valence-corrected chi connectivity index (χ3v) is 3.50. The van der Waals surface area contributed by atoms with Gasteiger partial charge in [0, 0.05) is 18.0 Å². The Kier molecular flexibility index (Phi) is 12.4. The van der Waals surface area contributed by atoms with Gasteiger partial charge in [0.15, 0.2) is 0 Å². The highest BCUT2D eigenvalue weighted by Crippen LogP contribution is 2.36. The van der Waals surface area contributed by atoms with Crippen molar-refractivity contribution >= 4 is 48.1 Å². The Morgan fingerprint density at radius 3 is 2.62 bits per heavy atom. The van der Waals surface area contributed by atoms with Crippen molar-refractivity contribution in [1.82, 2.24) is 0 Å². The molecule has 1 unspecified atom stereocenters. The first kappa shape index (κ1) is 23.5. The number of carboxylic acids is 1. The fourth-order valence-electron chi connectivity index (χ4n) is 1.90. The third kappa shape index (κ3) is 7.58. The van der Waals surface area contributed by atoms with E-state index in [0.29, 0.717) is 24.4 Å². The monoisotopic (exact) mass is 379 g/mol. The molecule has 26 heavy (non-hydrogen) atoms. The van der Waals surface area contributed by atoms with Gasteiger partial charge in [-0.15, -0.1) is 0 Å². The van der Waals surface area contributed by atoms with Crippen LogP contribution in [0.1, 0.15) is 37.8 Å². The van der Waals surface area contributed by atoms with Crippen LogP contribution in [-0.4, -0.2) is 42.4 Å². The number of allylic oxidation sites excluding steroid dienone is 1. The number of nitrogens with zero attached hydrogens (tertiary/aromatic N) is 2. The van der Waals surface area contributed by atoms with Crippen LogP contribution >= 0.6 is 11.6 Å². The Morgan fingerprint density at radius 1 is 1.46 bits per heavy atom. The van der Waals surface area contributed by atoms with Gasteiger partial charge in [-0.2, -0.15) is 0 Å². The maximum atomic E-state index is 11.0. The summed E-state index contributed by atoms with van der Waals surface area (Å²) < 4.78 is 0. The van der Waals surface area contributed by atoms with Crippen molar-refractivity contribution in [3.05, 3.63) is 34.4 Å². The van der Waals surface area contributed by atoms with Crippen molar-refractivity contribution in [3.8, 4) is 0 Å². The molecule has 1 aromatic rings. The van der Waals surface area contributed by atoms with Crippen LogP contribution < -0.4 is 11.5 Å². The number of nitrogens with two attached hydrogens (primary N) is 2. The molecule has 7 nitrogen and oxygen atoms in total. The van der Waals surface area contributed by atoms with E-state index in [1.807, 2.05) is 26.0 Å². The van der Waals surface area contributed by atoms with Crippen LogP contribution in [0.15, 0.2) is 28.2 Å². The Bertz CT molecular complexity index is 672. The van der Waals surface area contributed by atoms with Crippen LogP contribution in [0, 0.1) is 5.41 Å². The Morgan fingerprint density at radius 2 is 2.12 bits per heavy atom. The average Bonchev–Trinajstić information content (AvgIpc) is 2.59. The molecule has 0 bridgehead atoms. The van der Waals surface area contributed by atoms with Crippen LogP contribution in [0.25, 0.3) is 6.08 Å². The second-order valence-corrected chi connectivity index (χ2v) is 5.15. The van der Waals surface area contributed by atoms with Crippen molar-refractivity contribution in [2.24, 2.45) is 21.5 Å². The number of hydrogen-bond donors (Lipinski definition) is 4. The normalized spacial score (nSPS) is 12.3. The van der Waals surface area contributed by atoms with E-state index in [0.717, 1.165) is 23.2 Å². The Labute approximate surface area is 159 Å². The fourth-order valence-corrected chi connectivity index (χ4v) is 2.18. The Balaban J connectivity index is 0.00000113. The minimum absolute atomic E-state index is 0.435. The summed E-state index contributed by atoms with van der Waals surface area (Å²) in [4.78, 5) is 19.1. The van der Waals surface area contributed by atoms with Gasteiger partial charge in [0.05, 0.1) is 17.0 Å². The largest absolute Gasteiger partial charge is 0.480 e. The quantitative estimate of drug-likeness (QED) is 0.433. The van der Waals surface area contributed by atoms with Gasteiger partial charge in [0.2, 0.25) is 0 Å². The van der Waals surface area contributed by atoms with E-state index in [1.54, 1.807) is 18.4 Å². The topological polar surface area (TPSA) is 138 Å². The molecular formula is C18H26ClN5O2. The first-order valence-corrected chi connectivity index (χ1v) is 8.62. The summed E-state index contributed by atoms with van der Waals surface area (Å²) in [6.07, 6.45) is 8.51. The van der Waals surface area contributed by atoms with Crippen molar-refractivity contribution in [2.45, 2.75) is 32.7 Å². The Hall–Kier alpha value is -2.51. The number of carboxylic acid groups (broad SMARTS) is 1. The van der Waals surface area contributed by atoms with E-state index in [9.17, 15) is 4.79 Å². The van der Waals surface area contributed by atoms with Crippen LogP contribution in [-0.2, 0) is 4.79 Å². The number of nitrogens with one attached hydrogen (secondary N) is 1. The van der Waals surface area contributed by atoms with Crippen molar-refractivity contribution in [1.29, 1.82) is 5.41 Å². The van der Waals surface area contributed by atoms with E-state index in [-0.39, 0.29) is 0 Å². The van der Waals surface area contributed by atoms with Gasteiger partial charge in [0.1, 0.15) is 6.04 Å². The molecule has 0 aliphatic carbocycles. The van der Waals surface area contributed by atoms with Gasteiger partial charge in [-0.3, -0.25) is 15.4 Å². The van der Waals surface area contributed by atoms with E-state index in [4.69, 9.17) is 27.9 Å². The molecule has 6 N–H and O–H groups in total. The van der Waals surface area contributed by atoms with Crippen molar-refractivity contribution < 1.29 is 9.90 Å². The van der Waals surface area contributed by atoms with Crippen LogP contribution in [0.5, 0.6) is 0 Å². The molecule has 1 aliphatic rings. The second kappa shape index (κ2) is 13.7. The number of hydrogen-bond acceptors (Lipinski definition) is 5. The molecule has 1 aromatic carbocycles. The van der Waals surface area contributed by atoms with E-state index in [1.165, 1.54) is 6.21 Å². The van der Waals surface area contributed by atoms with E-state index >= 15 is 0 Å². The first-order chi connectivity index (χ1) is 12.5. The molecule has 8 heteroatoms. The van der Waals surface area contributed by atoms with Gasteiger partial charge >= 0.3 is 5.97 Å². The lowest BCUT2D eigenvalue weighted by Gasteiger charge is -2.12. The van der Waals surface area contributed by atoms with Gasteiger partial charge in [-0.25, -0.2) is 4.79 Å². The minimum atomic E-state index is -0.943. The number of carbonyl (C=O) groups is 1. The highest BCUT2D eigenvalue weighted by atomic mass is 35.5. The van der Waals surface area contributed by atoms with E-state index in [2.05, 4.69) is 15.7 Å². The molecule has 0 saturated carbocycles. The summed E-state index contributed by atoms with van der Waals surface area (Å²) in [6, 6.07) is 3.07. The smallest absolute Gasteiger partial charge is 0.328 e. The molecule has 0 radical (unpaired) electrons. The summed E-state index contributed by atoms with van der Waals surface area (Å²) in [6.45, 7) is 4.46. The van der Waals surface area contributed by atoms with Crippen LogP contribution in [0.4, 0.5) is 5.69 Å². The third-order valence-electron chi connectivity index (χ3n) is 3.10. The summed E-state index contributed by atoms with van der Waals surface area (Å²) in [5.41, 5.74) is 12.4. The lowest BCUT2D eigenvalue weighted by Crippen LogP contribution is -2.19. The van der Waals surface area contributed by atoms with Crippen LogP contribution in [0.3, 0.4) is 0 Å². The highest BCUT2D eigenvalue weighted by molar-refractivity contribution is 6.36. The van der Waals surface area contributed by atoms with Crippen molar-refractivity contribution in [2.75, 3.05) is 6.54 Å². The SMILES string of the molecule is CC.N=CN.NCCCC(N=C/C=C/c1ccc2c(c1Cl)N=C2)C(=O)O. The van der Waals surface area contributed by atoms with E-state index < -0.39 is 12.0 Å². The highest BCUT2D eigenvalue weighted by Gasteiger charge is 2.14. The maximum absolute atomic E-state index is 11.0. The molecular weight excluding hydrogens is 354 g/mol. The molecule has 142 valence electrons.